The van der Waals surface area contributed by atoms with E-state index >= 15 is 0 Å². The molecule has 0 aromatic carbocycles. The summed E-state index contributed by atoms with van der Waals surface area (Å²) in [6.07, 6.45) is -4.34. The second-order valence-electron chi connectivity index (χ2n) is 3.20. The number of hydrogen-bond acceptors (Lipinski definition) is 1. The van der Waals surface area contributed by atoms with Gasteiger partial charge in [0.1, 0.15) is 0 Å². The van der Waals surface area contributed by atoms with Crippen molar-refractivity contribution in [3.8, 4) is 0 Å². The molecule has 1 N–H and O–H groups in total. The molecule has 0 bridgehead atoms. The van der Waals surface area contributed by atoms with Crippen LogP contribution in [0.15, 0.2) is 0 Å². The molecule has 0 spiro atoms. The van der Waals surface area contributed by atoms with Crippen LogP contribution in [0, 0.1) is 0 Å². The highest BCUT2D eigenvalue weighted by atomic mass is 19.4. The third-order valence-electron chi connectivity index (χ3n) is 2.06. The molecule has 1 atom stereocenters. The Morgan fingerprint density at radius 2 is 1.92 bits per heavy atom. The van der Waals surface area contributed by atoms with Gasteiger partial charge in [0.2, 0.25) is 0 Å². The monoisotopic (exact) mass is 203 g/mol. The Hall–Kier alpha value is -0.390. The first-order valence-electron chi connectivity index (χ1n) is 3.99. The van der Waals surface area contributed by atoms with E-state index in [1.807, 2.05) is 5.32 Å². The van der Waals surface area contributed by atoms with Crippen molar-refractivity contribution < 1.29 is 22.0 Å². The van der Waals surface area contributed by atoms with Gasteiger partial charge in [0.05, 0.1) is 12.6 Å². The number of nitrogens with one attached hydrogen (secondary N) is 1. The van der Waals surface area contributed by atoms with Crippen molar-refractivity contribution in [2.24, 2.45) is 0 Å². The second kappa shape index (κ2) is 3.40. The van der Waals surface area contributed by atoms with E-state index in [1.54, 1.807) is 0 Å². The van der Waals surface area contributed by atoms with E-state index in [2.05, 4.69) is 0 Å². The second-order valence-corrected chi connectivity index (χ2v) is 3.20. The summed E-state index contributed by atoms with van der Waals surface area (Å²) in [5.41, 5.74) is 0. The van der Waals surface area contributed by atoms with Crippen LogP contribution in [-0.4, -0.2) is 24.7 Å². The van der Waals surface area contributed by atoms with Gasteiger partial charge in [-0.1, -0.05) is 0 Å². The van der Waals surface area contributed by atoms with Gasteiger partial charge in [-0.2, -0.15) is 13.2 Å². The first kappa shape index (κ1) is 10.7. The molecule has 0 amide bonds. The fourth-order valence-electron chi connectivity index (χ4n) is 1.42. The molecule has 13 heavy (non-hydrogen) atoms. The van der Waals surface area contributed by atoms with Crippen molar-refractivity contribution in [1.29, 1.82) is 0 Å². The van der Waals surface area contributed by atoms with Crippen LogP contribution in [0.25, 0.3) is 0 Å². The van der Waals surface area contributed by atoms with Crippen molar-refractivity contribution in [3.05, 3.63) is 0 Å². The van der Waals surface area contributed by atoms with E-state index in [-0.39, 0.29) is 19.3 Å². The molecular formula is C7H10F5N. The zero-order chi connectivity index (χ0) is 10.1. The van der Waals surface area contributed by atoms with Gasteiger partial charge in [-0.3, -0.25) is 0 Å². The minimum absolute atomic E-state index is 0.114. The maximum absolute atomic E-state index is 12.8. The van der Waals surface area contributed by atoms with Crippen LogP contribution in [0.1, 0.15) is 19.3 Å². The number of halogens is 5. The molecule has 0 saturated heterocycles. The van der Waals surface area contributed by atoms with Gasteiger partial charge in [0.15, 0.2) is 0 Å². The van der Waals surface area contributed by atoms with E-state index < -0.39 is 24.7 Å². The van der Waals surface area contributed by atoms with Gasteiger partial charge in [0.25, 0.3) is 5.92 Å². The average molecular weight is 203 g/mol. The summed E-state index contributed by atoms with van der Waals surface area (Å²) in [5, 5.41) is 1.84. The maximum Gasteiger partial charge on any atom is 0.401 e. The van der Waals surface area contributed by atoms with Crippen LogP contribution in [0.4, 0.5) is 22.0 Å². The van der Waals surface area contributed by atoms with Gasteiger partial charge in [-0.25, -0.2) is 8.78 Å². The lowest BCUT2D eigenvalue weighted by Crippen LogP contribution is -2.44. The first-order valence-corrected chi connectivity index (χ1v) is 3.99. The number of alkyl halides is 5. The Balaban J connectivity index is 2.37. The molecule has 1 rings (SSSR count). The van der Waals surface area contributed by atoms with Crippen LogP contribution < -0.4 is 5.32 Å². The molecule has 0 heterocycles. The minimum atomic E-state index is -4.42. The summed E-state index contributed by atoms with van der Waals surface area (Å²) >= 11 is 0. The molecule has 78 valence electrons. The average Bonchev–Trinajstić information content (AvgIpc) is 2.23. The summed E-state index contributed by atoms with van der Waals surface area (Å²) in [7, 11) is 0. The first-order chi connectivity index (χ1) is 5.81. The standard InChI is InChI=1S/C7H10F5N/c8-6(9)3-1-2-5(6)13-4-7(10,11)12/h5,13H,1-4H2. The van der Waals surface area contributed by atoms with E-state index in [1.165, 1.54) is 0 Å². The predicted octanol–water partition coefficient (Wildman–Crippen LogP) is 2.33. The zero-order valence-corrected chi connectivity index (χ0v) is 6.80. The maximum atomic E-state index is 12.8. The summed E-state index contributed by atoms with van der Waals surface area (Å²) in [6, 6.07) is -1.31. The Morgan fingerprint density at radius 1 is 1.31 bits per heavy atom. The molecule has 0 aromatic heterocycles. The molecule has 0 aliphatic heterocycles. The van der Waals surface area contributed by atoms with Gasteiger partial charge in [-0.15, -0.1) is 0 Å². The molecule has 1 aliphatic carbocycles. The van der Waals surface area contributed by atoms with Crippen LogP contribution >= 0.6 is 0 Å². The van der Waals surface area contributed by atoms with Gasteiger partial charge in [0, 0.05) is 6.42 Å². The fourth-order valence-corrected chi connectivity index (χ4v) is 1.42. The Kier molecular flexibility index (Phi) is 2.79. The van der Waals surface area contributed by atoms with Crippen molar-refractivity contribution in [1.82, 2.24) is 5.32 Å². The van der Waals surface area contributed by atoms with Gasteiger partial charge in [-0.05, 0) is 12.8 Å². The van der Waals surface area contributed by atoms with Crippen molar-refractivity contribution in [2.45, 2.75) is 37.4 Å². The lowest BCUT2D eigenvalue weighted by molar-refractivity contribution is -0.131. The van der Waals surface area contributed by atoms with E-state index in [0.29, 0.717) is 0 Å². The van der Waals surface area contributed by atoms with Crippen LogP contribution in [0.2, 0.25) is 0 Å². The lowest BCUT2D eigenvalue weighted by Gasteiger charge is -2.20. The van der Waals surface area contributed by atoms with Crippen molar-refractivity contribution in [2.75, 3.05) is 6.54 Å². The molecule has 1 aliphatic rings. The largest absolute Gasteiger partial charge is 0.401 e. The van der Waals surface area contributed by atoms with Gasteiger partial charge >= 0.3 is 6.18 Å². The van der Waals surface area contributed by atoms with Gasteiger partial charge < -0.3 is 5.32 Å². The summed E-state index contributed by atoms with van der Waals surface area (Å²) in [6.45, 7) is -1.34. The van der Waals surface area contributed by atoms with E-state index in [4.69, 9.17) is 0 Å². The van der Waals surface area contributed by atoms with Crippen molar-refractivity contribution >= 4 is 0 Å². The van der Waals surface area contributed by atoms with Crippen LogP contribution in [0.5, 0.6) is 0 Å². The molecular weight excluding hydrogens is 193 g/mol. The third-order valence-corrected chi connectivity index (χ3v) is 2.06. The Bertz CT molecular complexity index is 176. The molecule has 0 radical (unpaired) electrons. The highest BCUT2D eigenvalue weighted by Crippen LogP contribution is 2.35. The minimum Gasteiger partial charge on any atom is -0.300 e. The summed E-state index contributed by atoms with van der Waals surface area (Å²) in [4.78, 5) is 0. The van der Waals surface area contributed by atoms with Crippen LogP contribution in [0.3, 0.4) is 0 Å². The molecule has 1 saturated carbocycles. The molecule has 1 unspecified atom stereocenters. The Morgan fingerprint density at radius 3 is 2.31 bits per heavy atom. The SMILES string of the molecule is FC(F)(F)CNC1CCCC1(F)F. The highest BCUT2D eigenvalue weighted by Gasteiger charge is 2.44. The van der Waals surface area contributed by atoms with Crippen molar-refractivity contribution in [3.63, 3.8) is 0 Å². The lowest BCUT2D eigenvalue weighted by atomic mass is 10.2. The predicted molar refractivity (Wildman–Crippen MR) is 36.6 cm³/mol. The molecule has 1 nitrogen and oxygen atoms in total. The van der Waals surface area contributed by atoms with Crippen LogP contribution in [-0.2, 0) is 0 Å². The smallest absolute Gasteiger partial charge is 0.300 e. The fraction of sp³-hybridized carbons (Fsp3) is 1.00. The summed E-state index contributed by atoms with van der Waals surface area (Å²) in [5.74, 6) is -2.98. The zero-order valence-electron chi connectivity index (χ0n) is 6.80. The highest BCUT2D eigenvalue weighted by molar-refractivity contribution is 4.90. The topological polar surface area (TPSA) is 12.0 Å². The number of hydrogen-bond donors (Lipinski definition) is 1. The van der Waals surface area contributed by atoms with E-state index in [9.17, 15) is 22.0 Å². The normalized spacial score (nSPS) is 27.9. The molecule has 1 fully saturated rings. The molecule has 0 aromatic rings. The molecule has 6 heteroatoms. The third kappa shape index (κ3) is 3.10. The quantitative estimate of drug-likeness (QED) is 0.679. The number of rotatable bonds is 2. The Labute approximate surface area is 72.3 Å². The van der Waals surface area contributed by atoms with E-state index in [0.717, 1.165) is 0 Å². The summed E-state index contributed by atoms with van der Waals surface area (Å²) < 4.78 is 60.5.